The zero-order valence-corrected chi connectivity index (χ0v) is 8.20. The summed E-state index contributed by atoms with van der Waals surface area (Å²) in [6, 6.07) is 4.04. The van der Waals surface area contributed by atoms with Crippen LogP contribution in [-0.4, -0.2) is 17.7 Å². The van der Waals surface area contributed by atoms with Gasteiger partial charge in [-0.15, -0.1) is 0 Å². The summed E-state index contributed by atoms with van der Waals surface area (Å²) in [5, 5.41) is 0. The van der Waals surface area contributed by atoms with Crippen molar-refractivity contribution in [1.82, 2.24) is 4.98 Å². The van der Waals surface area contributed by atoms with Gasteiger partial charge in [0.15, 0.2) is 12.8 Å². The summed E-state index contributed by atoms with van der Waals surface area (Å²) in [4.78, 5) is 7.53. The maximum Gasteiger partial charge on any atom is 0.162 e. The van der Waals surface area contributed by atoms with E-state index in [2.05, 4.69) is 35.1 Å². The maximum absolute atomic E-state index is 4.38. The van der Waals surface area contributed by atoms with Crippen LogP contribution in [0.3, 0.4) is 0 Å². The van der Waals surface area contributed by atoms with Crippen LogP contribution in [0.2, 0.25) is 0 Å². The number of nitrogens with zero attached hydrogens (tertiary/aromatic N) is 1. The maximum atomic E-state index is 4.38. The van der Waals surface area contributed by atoms with Crippen LogP contribution in [0.25, 0.3) is 5.57 Å². The normalized spacial score (nSPS) is 15.1. The lowest BCUT2D eigenvalue weighted by atomic mass is 10.1. The van der Waals surface area contributed by atoms with Gasteiger partial charge in [-0.1, -0.05) is 6.07 Å². The van der Waals surface area contributed by atoms with E-state index in [4.69, 9.17) is 0 Å². The molecule has 2 heterocycles. The molecule has 2 rings (SSSR count). The van der Waals surface area contributed by atoms with Crippen molar-refractivity contribution in [2.75, 3.05) is 6.54 Å². The van der Waals surface area contributed by atoms with Crippen LogP contribution in [0.15, 0.2) is 36.6 Å². The minimum Gasteiger partial charge on any atom is -0.256 e. The molecule has 1 aromatic heterocycles. The molecule has 0 saturated heterocycles. The first-order valence-electron chi connectivity index (χ1n) is 4.73. The number of hydrogen-bond donors (Lipinski definition) is 1. The minimum absolute atomic E-state index is 0.859. The lowest BCUT2D eigenvalue weighted by Gasteiger charge is -2.03. The predicted octanol–water partition coefficient (Wildman–Crippen LogP) is 0.495. The van der Waals surface area contributed by atoms with E-state index >= 15 is 0 Å². The molecule has 2 nitrogen and oxygen atoms in total. The largest absolute Gasteiger partial charge is 0.256 e. The third kappa shape index (κ3) is 1.79. The second kappa shape index (κ2) is 4.01. The van der Waals surface area contributed by atoms with E-state index in [1.807, 2.05) is 24.6 Å². The first kappa shape index (κ1) is 8.88. The molecule has 0 saturated carbocycles. The van der Waals surface area contributed by atoms with Gasteiger partial charge < -0.3 is 0 Å². The Balaban J connectivity index is 2.40. The highest BCUT2D eigenvalue weighted by Crippen LogP contribution is 2.16. The number of aryl methyl sites for hydroxylation is 1. The van der Waals surface area contributed by atoms with Gasteiger partial charge in [-0.05, 0) is 30.7 Å². The van der Waals surface area contributed by atoms with Crippen LogP contribution in [0.5, 0.6) is 0 Å². The van der Waals surface area contributed by atoms with Crippen molar-refractivity contribution in [2.45, 2.75) is 6.92 Å². The highest BCUT2D eigenvalue weighted by molar-refractivity contribution is 5.79. The van der Waals surface area contributed by atoms with Gasteiger partial charge in [0, 0.05) is 17.8 Å². The van der Waals surface area contributed by atoms with Gasteiger partial charge in [0.25, 0.3) is 0 Å². The molecule has 0 amide bonds. The number of aromatic nitrogens is 1. The molecule has 2 heteroatoms. The van der Waals surface area contributed by atoms with Crippen LogP contribution in [0.4, 0.5) is 0 Å². The summed E-state index contributed by atoms with van der Waals surface area (Å²) in [6.07, 6.45) is 10.0. The van der Waals surface area contributed by atoms with Gasteiger partial charge in [-0.3, -0.25) is 4.98 Å². The summed E-state index contributed by atoms with van der Waals surface area (Å²) in [6.45, 7) is 2.94. The summed E-state index contributed by atoms with van der Waals surface area (Å²) in [5.74, 6) is 0. The van der Waals surface area contributed by atoms with Crippen LogP contribution < -0.4 is 4.99 Å². The summed E-state index contributed by atoms with van der Waals surface area (Å²) < 4.78 is 0. The Hall–Kier alpha value is -1.70. The van der Waals surface area contributed by atoms with E-state index in [0.29, 0.717) is 0 Å². The SMILES string of the molecule is Cc1cccnc1C1=CC[NH+]=CC=C1. The number of allylic oxidation sites excluding steroid dienone is 3. The Morgan fingerprint density at radius 3 is 3.21 bits per heavy atom. The molecule has 0 aliphatic carbocycles. The van der Waals surface area contributed by atoms with Crippen molar-refractivity contribution in [3.8, 4) is 0 Å². The lowest BCUT2D eigenvalue weighted by molar-refractivity contribution is -0.437. The number of nitrogens with one attached hydrogen (secondary N) is 1. The number of rotatable bonds is 1. The van der Waals surface area contributed by atoms with Crippen LogP contribution >= 0.6 is 0 Å². The minimum atomic E-state index is 0.859. The third-order valence-electron chi connectivity index (χ3n) is 2.21. The molecule has 70 valence electrons. The molecule has 1 N–H and O–H groups in total. The van der Waals surface area contributed by atoms with E-state index in [1.54, 1.807) is 0 Å². The van der Waals surface area contributed by atoms with Crippen molar-refractivity contribution >= 4 is 11.8 Å². The zero-order chi connectivity index (χ0) is 9.80. The molecule has 0 unspecified atom stereocenters. The molecular weight excluding hydrogens is 172 g/mol. The second-order valence-electron chi connectivity index (χ2n) is 3.26. The van der Waals surface area contributed by atoms with Gasteiger partial charge in [-0.2, -0.15) is 0 Å². The molecule has 1 aromatic rings. The Bertz CT molecular complexity index is 414. The first-order valence-corrected chi connectivity index (χ1v) is 4.73. The number of pyridine rings is 1. The van der Waals surface area contributed by atoms with Crippen molar-refractivity contribution in [3.63, 3.8) is 0 Å². The molecule has 0 fully saturated rings. The van der Waals surface area contributed by atoms with E-state index in [-0.39, 0.29) is 0 Å². The fraction of sp³-hybridized carbons (Fsp3) is 0.167. The lowest BCUT2D eigenvalue weighted by Crippen LogP contribution is -2.67. The molecule has 0 bridgehead atoms. The molecule has 14 heavy (non-hydrogen) atoms. The molecular formula is C12H13N2+. The summed E-state index contributed by atoms with van der Waals surface area (Å²) >= 11 is 0. The predicted molar refractivity (Wildman–Crippen MR) is 58.0 cm³/mol. The molecule has 0 radical (unpaired) electrons. The Kier molecular flexibility index (Phi) is 2.54. The average molecular weight is 185 g/mol. The molecule has 0 aromatic carbocycles. The van der Waals surface area contributed by atoms with Crippen LogP contribution in [0, 0.1) is 6.92 Å². The van der Waals surface area contributed by atoms with Gasteiger partial charge in [0.1, 0.15) is 0 Å². The van der Waals surface area contributed by atoms with Gasteiger partial charge in [0.05, 0.1) is 5.69 Å². The fourth-order valence-electron chi connectivity index (χ4n) is 1.49. The number of hydrogen-bond acceptors (Lipinski definition) is 1. The van der Waals surface area contributed by atoms with E-state index in [0.717, 1.165) is 12.2 Å². The monoisotopic (exact) mass is 185 g/mol. The van der Waals surface area contributed by atoms with E-state index < -0.39 is 0 Å². The Morgan fingerprint density at radius 1 is 1.43 bits per heavy atom. The highest BCUT2D eigenvalue weighted by atomic mass is 14.7. The van der Waals surface area contributed by atoms with Gasteiger partial charge >= 0.3 is 0 Å². The van der Waals surface area contributed by atoms with Crippen LogP contribution in [0.1, 0.15) is 11.3 Å². The topological polar surface area (TPSA) is 26.9 Å². The average Bonchev–Trinajstić information content (AvgIpc) is 2.47. The summed E-state index contributed by atoms with van der Waals surface area (Å²) in [5.41, 5.74) is 3.47. The van der Waals surface area contributed by atoms with Crippen molar-refractivity contribution in [3.05, 3.63) is 47.8 Å². The summed E-state index contributed by atoms with van der Waals surface area (Å²) in [7, 11) is 0. The molecule has 1 aliphatic rings. The highest BCUT2D eigenvalue weighted by Gasteiger charge is 2.04. The van der Waals surface area contributed by atoms with Crippen molar-refractivity contribution in [2.24, 2.45) is 0 Å². The van der Waals surface area contributed by atoms with Crippen molar-refractivity contribution in [1.29, 1.82) is 0 Å². The van der Waals surface area contributed by atoms with Gasteiger partial charge in [0.2, 0.25) is 0 Å². The fourth-order valence-corrected chi connectivity index (χ4v) is 1.49. The Morgan fingerprint density at radius 2 is 2.36 bits per heavy atom. The quantitative estimate of drug-likeness (QED) is 0.677. The standard InChI is InChI=1S/C12H12N2/c1-10-4-2-8-14-12(10)11-5-3-7-13-9-6-11/h2-8H,9H2,1H3/p+1. The zero-order valence-electron chi connectivity index (χ0n) is 8.20. The van der Waals surface area contributed by atoms with Gasteiger partial charge in [-0.25, -0.2) is 4.99 Å². The Labute approximate surface area is 83.7 Å². The smallest absolute Gasteiger partial charge is 0.162 e. The molecule has 1 aliphatic heterocycles. The molecule has 0 spiro atoms. The molecule has 0 atom stereocenters. The van der Waals surface area contributed by atoms with E-state index in [1.165, 1.54) is 11.1 Å². The van der Waals surface area contributed by atoms with Crippen molar-refractivity contribution < 1.29 is 4.99 Å². The third-order valence-corrected chi connectivity index (χ3v) is 2.21. The first-order chi connectivity index (χ1) is 6.88. The second-order valence-corrected chi connectivity index (χ2v) is 3.26. The van der Waals surface area contributed by atoms with E-state index in [9.17, 15) is 0 Å². The van der Waals surface area contributed by atoms with Crippen LogP contribution in [-0.2, 0) is 0 Å².